The Kier molecular flexibility index (Phi) is 4.17. The predicted molar refractivity (Wildman–Crippen MR) is 90.1 cm³/mol. The summed E-state index contributed by atoms with van der Waals surface area (Å²) in [6.07, 6.45) is 0. The van der Waals surface area contributed by atoms with Gasteiger partial charge in [0.15, 0.2) is 0 Å². The van der Waals surface area contributed by atoms with Gasteiger partial charge in [0, 0.05) is 23.2 Å². The number of nitro benzene ring substituents is 1. The van der Waals surface area contributed by atoms with Crippen molar-refractivity contribution in [1.82, 2.24) is 0 Å². The number of rotatable bonds is 4. The molecule has 0 saturated carbocycles. The zero-order valence-electron chi connectivity index (χ0n) is 13.0. The van der Waals surface area contributed by atoms with Crippen molar-refractivity contribution in [1.29, 1.82) is 0 Å². The number of carbonyl (C=O) groups excluding carboxylic acids is 1. The number of methoxy groups -OCH3 is 1. The molecule has 0 unspecified atom stereocenters. The van der Waals surface area contributed by atoms with Gasteiger partial charge in [0.1, 0.15) is 16.9 Å². The summed E-state index contributed by atoms with van der Waals surface area (Å²) >= 11 is 0. The summed E-state index contributed by atoms with van der Waals surface area (Å²) in [6, 6.07) is 11.6. The lowest BCUT2D eigenvalue weighted by molar-refractivity contribution is -0.384. The van der Waals surface area contributed by atoms with Crippen LogP contribution in [0, 0.1) is 10.1 Å². The van der Waals surface area contributed by atoms with E-state index < -0.39 is 16.5 Å². The van der Waals surface area contributed by atoms with E-state index in [1.54, 1.807) is 18.2 Å². The molecule has 8 nitrogen and oxygen atoms in total. The minimum Gasteiger partial charge on any atom is -0.497 e. The Labute approximate surface area is 140 Å². The first-order valence-corrected chi connectivity index (χ1v) is 7.15. The summed E-state index contributed by atoms with van der Waals surface area (Å²) in [5, 5.41) is 13.8. The van der Waals surface area contributed by atoms with Gasteiger partial charge in [0.2, 0.25) is 0 Å². The number of nitro groups is 1. The minimum atomic E-state index is -0.805. The van der Waals surface area contributed by atoms with E-state index in [1.165, 1.54) is 37.4 Å². The van der Waals surface area contributed by atoms with E-state index in [1.807, 2.05) is 0 Å². The average molecular weight is 340 g/mol. The number of hydrogen-bond donors (Lipinski definition) is 1. The van der Waals surface area contributed by atoms with Crippen LogP contribution in [0.5, 0.6) is 5.75 Å². The second-order valence-electron chi connectivity index (χ2n) is 5.11. The molecule has 0 bridgehead atoms. The molecule has 0 saturated heterocycles. The van der Waals surface area contributed by atoms with Gasteiger partial charge >= 0.3 is 5.63 Å². The quantitative estimate of drug-likeness (QED) is 0.444. The Bertz CT molecular complexity index is 1040. The fraction of sp³-hybridized carbons (Fsp3) is 0.0588. The van der Waals surface area contributed by atoms with Crippen molar-refractivity contribution in [2.24, 2.45) is 0 Å². The lowest BCUT2D eigenvalue weighted by atomic mass is 10.1. The third-order valence-electron chi connectivity index (χ3n) is 3.50. The van der Waals surface area contributed by atoms with E-state index in [2.05, 4.69) is 5.32 Å². The van der Waals surface area contributed by atoms with E-state index in [4.69, 9.17) is 9.15 Å². The van der Waals surface area contributed by atoms with Gasteiger partial charge in [0.25, 0.3) is 11.6 Å². The average Bonchev–Trinajstić information content (AvgIpc) is 2.60. The zero-order valence-corrected chi connectivity index (χ0v) is 13.0. The van der Waals surface area contributed by atoms with Crippen molar-refractivity contribution < 1.29 is 18.9 Å². The van der Waals surface area contributed by atoms with Gasteiger partial charge in [-0.2, -0.15) is 0 Å². The SMILES string of the molecule is COc1ccc2oc(=O)c(C(=O)Nc3cccc([N+](=O)[O-])c3)cc2c1. The number of nitrogens with zero attached hydrogens (tertiary/aromatic N) is 1. The normalized spacial score (nSPS) is 10.4. The second kappa shape index (κ2) is 6.44. The molecule has 1 amide bonds. The molecule has 3 aromatic rings. The maximum absolute atomic E-state index is 12.3. The standard InChI is InChI=1S/C17H12N2O6/c1-24-13-5-6-15-10(7-13)8-14(17(21)25-15)16(20)18-11-3-2-4-12(9-11)19(22)23/h2-9H,1H3,(H,18,20). The number of carbonyl (C=O) groups is 1. The van der Waals surface area contributed by atoms with Crippen LogP contribution in [0.3, 0.4) is 0 Å². The number of benzene rings is 2. The molecule has 25 heavy (non-hydrogen) atoms. The predicted octanol–water partition coefficient (Wildman–Crippen LogP) is 2.96. The summed E-state index contributed by atoms with van der Waals surface area (Å²) < 4.78 is 10.2. The molecule has 1 heterocycles. The number of amides is 1. The van der Waals surface area contributed by atoms with Gasteiger partial charge in [-0.3, -0.25) is 14.9 Å². The maximum atomic E-state index is 12.3. The molecular formula is C17H12N2O6. The highest BCUT2D eigenvalue weighted by atomic mass is 16.6. The van der Waals surface area contributed by atoms with Crippen molar-refractivity contribution in [2.45, 2.75) is 0 Å². The number of ether oxygens (including phenoxy) is 1. The van der Waals surface area contributed by atoms with Crippen LogP contribution in [-0.4, -0.2) is 17.9 Å². The van der Waals surface area contributed by atoms with Gasteiger partial charge in [-0.05, 0) is 30.3 Å². The number of anilines is 1. The first kappa shape index (κ1) is 16.2. The van der Waals surface area contributed by atoms with Crippen LogP contribution in [0.2, 0.25) is 0 Å². The molecule has 0 radical (unpaired) electrons. The molecular weight excluding hydrogens is 328 g/mol. The van der Waals surface area contributed by atoms with Gasteiger partial charge in [-0.15, -0.1) is 0 Å². The molecule has 126 valence electrons. The third kappa shape index (κ3) is 3.32. The van der Waals surface area contributed by atoms with Crippen molar-refractivity contribution in [3.05, 3.63) is 74.6 Å². The Balaban J connectivity index is 1.96. The van der Waals surface area contributed by atoms with Crippen LogP contribution in [0.4, 0.5) is 11.4 Å². The lowest BCUT2D eigenvalue weighted by Gasteiger charge is -2.06. The molecule has 0 fully saturated rings. The molecule has 0 aliphatic carbocycles. The van der Waals surface area contributed by atoms with Crippen molar-refractivity contribution in [3.8, 4) is 5.75 Å². The maximum Gasteiger partial charge on any atom is 0.349 e. The fourth-order valence-electron chi connectivity index (χ4n) is 2.28. The van der Waals surface area contributed by atoms with Crippen LogP contribution in [-0.2, 0) is 0 Å². The van der Waals surface area contributed by atoms with Crippen molar-refractivity contribution in [3.63, 3.8) is 0 Å². The summed E-state index contributed by atoms with van der Waals surface area (Å²) in [7, 11) is 1.50. The summed E-state index contributed by atoms with van der Waals surface area (Å²) in [5.74, 6) is -0.176. The highest BCUT2D eigenvalue weighted by Crippen LogP contribution is 2.21. The Morgan fingerprint density at radius 1 is 1.20 bits per heavy atom. The van der Waals surface area contributed by atoms with E-state index in [0.29, 0.717) is 16.7 Å². The van der Waals surface area contributed by atoms with E-state index in [-0.39, 0.29) is 16.9 Å². The second-order valence-corrected chi connectivity index (χ2v) is 5.11. The van der Waals surface area contributed by atoms with Crippen molar-refractivity contribution >= 4 is 28.3 Å². The van der Waals surface area contributed by atoms with Gasteiger partial charge in [0.05, 0.1) is 12.0 Å². The Morgan fingerprint density at radius 2 is 2.00 bits per heavy atom. The molecule has 0 atom stereocenters. The van der Waals surface area contributed by atoms with Crippen molar-refractivity contribution in [2.75, 3.05) is 12.4 Å². The number of nitrogens with one attached hydrogen (secondary N) is 1. The summed E-state index contributed by atoms with van der Waals surface area (Å²) in [5.41, 5.74) is -0.678. The first-order chi connectivity index (χ1) is 12.0. The minimum absolute atomic E-state index is 0.173. The van der Waals surface area contributed by atoms with Crippen LogP contribution in [0.1, 0.15) is 10.4 Å². The van der Waals surface area contributed by atoms with Crippen LogP contribution in [0.25, 0.3) is 11.0 Å². The molecule has 0 aliphatic heterocycles. The lowest BCUT2D eigenvalue weighted by Crippen LogP contribution is -2.20. The number of hydrogen-bond acceptors (Lipinski definition) is 6. The highest BCUT2D eigenvalue weighted by molar-refractivity contribution is 6.05. The van der Waals surface area contributed by atoms with Gasteiger partial charge in [-0.25, -0.2) is 4.79 Å². The number of fused-ring (bicyclic) bond motifs is 1. The largest absolute Gasteiger partial charge is 0.497 e. The molecule has 8 heteroatoms. The van der Waals surface area contributed by atoms with E-state index in [9.17, 15) is 19.7 Å². The molecule has 1 N–H and O–H groups in total. The summed E-state index contributed by atoms with van der Waals surface area (Å²) in [6.45, 7) is 0. The molecule has 2 aromatic carbocycles. The monoisotopic (exact) mass is 340 g/mol. The topological polar surface area (TPSA) is 112 Å². The third-order valence-corrected chi connectivity index (χ3v) is 3.50. The number of non-ortho nitro benzene ring substituents is 1. The van der Waals surface area contributed by atoms with Gasteiger partial charge < -0.3 is 14.5 Å². The van der Waals surface area contributed by atoms with Crippen LogP contribution < -0.4 is 15.7 Å². The summed E-state index contributed by atoms with van der Waals surface area (Å²) in [4.78, 5) is 34.6. The smallest absolute Gasteiger partial charge is 0.349 e. The van der Waals surface area contributed by atoms with Gasteiger partial charge in [-0.1, -0.05) is 6.07 Å². The molecule has 0 spiro atoms. The fourth-order valence-corrected chi connectivity index (χ4v) is 2.28. The van der Waals surface area contributed by atoms with Crippen LogP contribution >= 0.6 is 0 Å². The highest BCUT2D eigenvalue weighted by Gasteiger charge is 2.15. The molecule has 3 rings (SSSR count). The Hall–Kier alpha value is -3.68. The zero-order chi connectivity index (χ0) is 18.0. The molecule has 1 aromatic heterocycles. The van der Waals surface area contributed by atoms with E-state index >= 15 is 0 Å². The van der Waals surface area contributed by atoms with E-state index in [0.717, 1.165) is 0 Å². The van der Waals surface area contributed by atoms with Crippen LogP contribution in [0.15, 0.2) is 57.7 Å². The first-order valence-electron chi connectivity index (χ1n) is 7.15. The Morgan fingerprint density at radius 3 is 2.72 bits per heavy atom. The molecule has 0 aliphatic rings.